The number of esters is 2. The van der Waals surface area contributed by atoms with Crippen LogP contribution in [0.5, 0.6) is 0 Å². The van der Waals surface area contributed by atoms with E-state index >= 15 is 0 Å². The van der Waals surface area contributed by atoms with Crippen molar-refractivity contribution >= 4 is 23.8 Å². The quantitative estimate of drug-likeness (QED) is 0.241. The van der Waals surface area contributed by atoms with Gasteiger partial charge in [-0.3, -0.25) is 19.3 Å². The number of rotatable bonds is 12. The van der Waals surface area contributed by atoms with E-state index in [0.29, 0.717) is 38.5 Å². The second-order valence-corrected chi connectivity index (χ2v) is 8.97. The first kappa shape index (κ1) is 28.5. The molecule has 0 aromatic carbocycles. The van der Waals surface area contributed by atoms with Gasteiger partial charge in [-0.05, 0) is 58.8 Å². The molecule has 2 aliphatic carbocycles. The average Bonchev–Trinajstić information content (AvgIpc) is 2.87. The summed E-state index contributed by atoms with van der Waals surface area (Å²) < 4.78 is 11.4. The second kappa shape index (κ2) is 13.4. The highest BCUT2D eigenvalue weighted by Crippen LogP contribution is 2.53. The molecule has 4 atom stereocenters. The molecule has 10 nitrogen and oxygen atoms in total. The van der Waals surface area contributed by atoms with Crippen molar-refractivity contribution in [1.82, 2.24) is 11.0 Å². The topological polar surface area (TPSA) is 129 Å². The summed E-state index contributed by atoms with van der Waals surface area (Å²) in [5, 5.41) is 0. The van der Waals surface area contributed by atoms with E-state index in [0.717, 1.165) is 25.0 Å². The van der Waals surface area contributed by atoms with Gasteiger partial charge in [-0.1, -0.05) is 26.0 Å². The fourth-order valence-electron chi connectivity index (χ4n) is 5.26. The number of hydrogen-bond donors (Lipinski definition) is 2. The Morgan fingerprint density at radius 2 is 1.17 bits per heavy atom. The van der Waals surface area contributed by atoms with Crippen LogP contribution >= 0.6 is 0 Å². The summed E-state index contributed by atoms with van der Waals surface area (Å²) >= 11 is 0. The third-order valence-corrected chi connectivity index (χ3v) is 6.91. The molecule has 0 aliphatic heterocycles. The predicted molar refractivity (Wildman–Crippen MR) is 126 cm³/mol. The third-order valence-electron chi connectivity index (χ3n) is 6.91. The molecule has 2 aliphatic rings. The Hall–Kier alpha value is -2.72. The maximum absolute atomic E-state index is 13.7. The number of nitrogens with one attached hydrogen (secondary N) is 2. The van der Waals surface area contributed by atoms with E-state index in [1.807, 2.05) is 0 Å². The number of hydroxylamine groups is 2. The molecule has 2 fully saturated rings. The summed E-state index contributed by atoms with van der Waals surface area (Å²) in [5.74, 6) is -2.28. The Balaban J connectivity index is 2.60. The molecule has 2 amide bonds. The largest absolute Gasteiger partial charge is 0.458 e. The van der Waals surface area contributed by atoms with Gasteiger partial charge in [0.1, 0.15) is 12.2 Å². The minimum Gasteiger partial charge on any atom is -0.458 e. The van der Waals surface area contributed by atoms with Crippen molar-refractivity contribution in [1.29, 1.82) is 0 Å². The summed E-state index contributed by atoms with van der Waals surface area (Å²) in [6, 6.07) is 0. The first-order chi connectivity index (χ1) is 16.8. The lowest BCUT2D eigenvalue weighted by Gasteiger charge is -2.50. The summed E-state index contributed by atoms with van der Waals surface area (Å²) in [4.78, 5) is 62.2. The fraction of sp³-hybridized carbons (Fsp3) is 0.680. The van der Waals surface area contributed by atoms with Crippen molar-refractivity contribution in [2.24, 2.45) is 10.8 Å². The number of carbonyl (C=O) groups excluding carboxylic acids is 4. The van der Waals surface area contributed by atoms with Gasteiger partial charge in [0.05, 0.1) is 24.0 Å². The van der Waals surface area contributed by atoms with E-state index in [1.165, 1.54) is 0 Å². The van der Waals surface area contributed by atoms with E-state index in [1.54, 1.807) is 13.8 Å². The highest BCUT2D eigenvalue weighted by molar-refractivity contribution is 5.88. The van der Waals surface area contributed by atoms with E-state index in [9.17, 15) is 19.2 Å². The number of hydrogen-bond acceptors (Lipinski definition) is 8. The van der Waals surface area contributed by atoms with E-state index in [2.05, 4.69) is 24.1 Å². The zero-order valence-electron chi connectivity index (χ0n) is 20.8. The molecular formula is C25H38N2O8. The van der Waals surface area contributed by atoms with Crippen LogP contribution in [0.4, 0.5) is 0 Å². The monoisotopic (exact) mass is 494 g/mol. The molecule has 35 heavy (non-hydrogen) atoms. The van der Waals surface area contributed by atoms with Gasteiger partial charge in [-0.25, -0.2) is 20.5 Å². The SMILES string of the molecule is C=CC(=O)OC1CCCCC1(CC1(C(=O)NOCC)CCCCC1OC(=O)C=C)C(=O)NOCC. The molecule has 0 bridgehead atoms. The van der Waals surface area contributed by atoms with E-state index in [4.69, 9.17) is 19.1 Å². The summed E-state index contributed by atoms with van der Waals surface area (Å²) in [6.45, 7) is 10.9. The number of carbonyl (C=O) groups is 4. The highest BCUT2D eigenvalue weighted by atomic mass is 16.7. The Bertz CT molecular complexity index is 736. The summed E-state index contributed by atoms with van der Waals surface area (Å²) in [5.41, 5.74) is 2.35. The van der Waals surface area contributed by atoms with Gasteiger partial charge in [0.25, 0.3) is 11.8 Å². The van der Waals surface area contributed by atoms with Crippen molar-refractivity contribution in [3.05, 3.63) is 25.3 Å². The number of ether oxygens (including phenoxy) is 2. The normalized spacial score (nSPS) is 28.3. The van der Waals surface area contributed by atoms with E-state index < -0.39 is 46.8 Å². The molecule has 2 rings (SSSR count). The average molecular weight is 495 g/mol. The van der Waals surface area contributed by atoms with Crippen molar-refractivity contribution in [2.75, 3.05) is 13.2 Å². The Morgan fingerprint density at radius 1 is 0.771 bits per heavy atom. The molecule has 2 saturated carbocycles. The lowest BCUT2D eigenvalue weighted by Crippen LogP contribution is -2.60. The minimum absolute atomic E-state index is 0.0258. The molecule has 0 aromatic heterocycles. The smallest absolute Gasteiger partial charge is 0.330 e. The molecule has 2 N–H and O–H groups in total. The van der Waals surface area contributed by atoms with Crippen LogP contribution in [-0.4, -0.2) is 49.2 Å². The lowest BCUT2D eigenvalue weighted by atomic mass is 9.57. The van der Waals surface area contributed by atoms with Crippen LogP contribution in [0.1, 0.15) is 71.6 Å². The standard InChI is InChI=1S/C25H38N2O8/c1-5-20(28)34-18-13-9-11-15-24(18,22(30)26-32-7-3)17-25(23(31)27-33-8-4)16-12-10-14-19(25)35-21(29)6-2/h5-6,18-19H,1-2,7-17H2,3-4H3,(H,26,30)(H,27,31). The van der Waals surface area contributed by atoms with Gasteiger partial charge in [0, 0.05) is 12.2 Å². The summed E-state index contributed by atoms with van der Waals surface area (Å²) in [7, 11) is 0. The Kier molecular flexibility index (Phi) is 10.9. The molecule has 0 spiro atoms. The Labute approximate surface area is 206 Å². The molecule has 0 saturated heterocycles. The van der Waals surface area contributed by atoms with Crippen LogP contribution < -0.4 is 11.0 Å². The van der Waals surface area contributed by atoms with Crippen molar-refractivity contribution in [3.63, 3.8) is 0 Å². The minimum atomic E-state index is -1.30. The van der Waals surface area contributed by atoms with Crippen LogP contribution in [0.2, 0.25) is 0 Å². The first-order valence-electron chi connectivity index (χ1n) is 12.3. The van der Waals surface area contributed by atoms with Gasteiger partial charge < -0.3 is 9.47 Å². The van der Waals surface area contributed by atoms with Crippen molar-refractivity contribution in [2.45, 2.75) is 83.8 Å². The zero-order chi connectivity index (χ0) is 25.9. The number of amides is 2. The second-order valence-electron chi connectivity index (χ2n) is 8.97. The predicted octanol–water partition coefficient (Wildman–Crippen LogP) is 2.83. The van der Waals surface area contributed by atoms with Crippen molar-refractivity contribution in [3.8, 4) is 0 Å². The molecule has 4 unspecified atom stereocenters. The van der Waals surface area contributed by atoms with Crippen molar-refractivity contribution < 1.29 is 38.3 Å². The maximum atomic E-state index is 13.7. The van der Waals surface area contributed by atoms with Crippen LogP contribution in [0.25, 0.3) is 0 Å². The van der Waals surface area contributed by atoms with Crippen LogP contribution in [0, 0.1) is 10.8 Å². The van der Waals surface area contributed by atoms with E-state index in [-0.39, 0.29) is 19.6 Å². The van der Waals surface area contributed by atoms with Gasteiger partial charge in [-0.2, -0.15) is 0 Å². The zero-order valence-corrected chi connectivity index (χ0v) is 20.8. The van der Waals surface area contributed by atoms with Gasteiger partial charge in [-0.15, -0.1) is 0 Å². The van der Waals surface area contributed by atoms with Gasteiger partial charge in [0.2, 0.25) is 0 Å². The van der Waals surface area contributed by atoms with Gasteiger partial charge in [0.15, 0.2) is 0 Å². The molecule has 0 aromatic rings. The molecule has 10 heteroatoms. The van der Waals surface area contributed by atoms with Crippen LogP contribution in [0.15, 0.2) is 25.3 Å². The first-order valence-corrected chi connectivity index (χ1v) is 12.3. The van der Waals surface area contributed by atoms with Gasteiger partial charge >= 0.3 is 11.9 Å². The lowest BCUT2D eigenvalue weighted by molar-refractivity contribution is -0.184. The molecule has 196 valence electrons. The Morgan fingerprint density at radius 3 is 1.51 bits per heavy atom. The van der Waals surface area contributed by atoms with Crippen LogP contribution in [-0.2, 0) is 38.3 Å². The fourth-order valence-corrected chi connectivity index (χ4v) is 5.26. The third kappa shape index (κ3) is 6.70. The van der Waals surface area contributed by atoms with Crippen LogP contribution in [0.3, 0.4) is 0 Å². The summed E-state index contributed by atoms with van der Waals surface area (Å²) in [6.07, 6.45) is 4.84. The molecular weight excluding hydrogens is 456 g/mol. The highest BCUT2D eigenvalue weighted by Gasteiger charge is 2.59. The molecule has 0 radical (unpaired) electrons. The maximum Gasteiger partial charge on any atom is 0.330 e. The molecule has 0 heterocycles.